The summed E-state index contributed by atoms with van der Waals surface area (Å²) in [6.07, 6.45) is 1.06. The fourth-order valence-corrected chi connectivity index (χ4v) is 3.28. The molecule has 0 aliphatic heterocycles. The van der Waals surface area contributed by atoms with E-state index in [0.29, 0.717) is 17.1 Å². The summed E-state index contributed by atoms with van der Waals surface area (Å²) in [6.45, 7) is 3.42. The number of nitrogens with one attached hydrogen (secondary N) is 1. The summed E-state index contributed by atoms with van der Waals surface area (Å²) in [7, 11) is -2.21. The van der Waals surface area contributed by atoms with E-state index < -0.39 is 15.9 Å². The lowest BCUT2D eigenvalue weighted by Crippen LogP contribution is -2.37. The van der Waals surface area contributed by atoms with Crippen LogP contribution in [0.15, 0.2) is 42.5 Å². The maximum atomic E-state index is 12.4. The van der Waals surface area contributed by atoms with Crippen LogP contribution in [-0.4, -0.2) is 34.2 Å². The van der Waals surface area contributed by atoms with Crippen LogP contribution in [0.2, 0.25) is 0 Å². The largest absolute Gasteiger partial charge is 0.495 e. The third kappa shape index (κ3) is 4.96. The summed E-state index contributed by atoms with van der Waals surface area (Å²) >= 11 is 0. The Hall–Kier alpha value is -2.54. The van der Waals surface area contributed by atoms with Crippen LogP contribution in [0.3, 0.4) is 0 Å². The lowest BCUT2D eigenvalue weighted by atomic mass is 10.2. The quantitative estimate of drug-likeness (QED) is 0.857. The summed E-state index contributed by atoms with van der Waals surface area (Å²) in [5.74, 6) is -0.0426. The summed E-state index contributed by atoms with van der Waals surface area (Å²) in [4.78, 5) is 12.4. The predicted molar refractivity (Wildman–Crippen MR) is 99.7 cm³/mol. The van der Waals surface area contributed by atoms with Gasteiger partial charge in [-0.1, -0.05) is 18.2 Å². The van der Waals surface area contributed by atoms with Gasteiger partial charge in [0.1, 0.15) is 12.3 Å². The standard InChI is InChI=1S/C18H22N2O4S/c1-13-6-5-7-15(10-13)19-18(21)12-20(25(4,22)23)16-11-14(2)8-9-17(16)24-3/h5-11H,12H2,1-4H3,(H,19,21). The molecule has 0 fully saturated rings. The van der Waals surface area contributed by atoms with Gasteiger partial charge < -0.3 is 10.1 Å². The molecule has 0 aromatic heterocycles. The minimum Gasteiger partial charge on any atom is -0.495 e. The van der Waals surface area contributed by atoms with Crippen LogP contribution in [0.4, 0.5) is 11.4 Å². The maximum Gasteiger partial charge on any atom is 0.245 e. The molecule has 0 aliphatic rings. The van der Waals surface area contributed by atoms with Gasteiger partial charge in [-0.2, -0.15) is 0 Å². The molecular formula is C18H22N2O4S. The van der Waals surface area contributed by atoms with E-state index in [0.717, 1.165) is 21.7 Å². The molecule has 0 atom stereocenters. The van der Waals surface area contributed by atoms with Crippen LogP contribution < -0.4 is 14.4 Å². The smallest absolute Gasteiger partial charge is 0.245 e. The molecule has 25 heavy (non-hydrogen) atoms. The molecule has 2 aromatic rings. The van der Waals surface area contributed by atoms with Gasteiger partial charge >= 0.3 is 0 Å². The summed E-state index contributed by atoms with van der Waals surface area (Å²) < 4.78 is 30.8. The number of benzene rings is 2. The van der Waals surface area contributed by atoms with Crippen molar-refractivity contribution in [2.45, 2.75) is 13.8 Å². The number of sulfonamides is 1. The summed E-state index contributed by atoms with van der Waals surface area (Å²) in [6, 6.07) is 12.5. The van der Waals surface area contributed by atoms with E-state index in [4.69, 9.17) is 4.74 Å². The molecule has 0 spiro atoms. The van der Waals surface area contributed by atoms with Gasteiger partial charge in [-0.15, -0.1) is 0 Å². The first kappa shape index (κ1) is 18.8. The summed E-state index contributed by atoms with van der Waals surface area (Å²) in [5.41, 5.74) is 2.82. The number of nitrogens with zero attached hydrogens (tertiary/aromatic N) is 1. The van der Waals surface area contributed by atoms with Crippen molar-refractivity contribution in [1.29, 1.82) is 0 Å². The first-order chi connectivity index (χ1) is 11.7. The van der Waals surface area contributed by atoms with Crippen LogP contribution >= 0.6 is 0 Å². The van der Waals surface area contributed by atoms with Crippen molar-refractivity contribution in [3.63, 3.8) is 0 Å². The minimum atomic E-state index is -3.67. The normalized spacial score (nSPS) is 11.0. The molecule has 6 nitrogen and oxygen atoms in total. The zero-order chi connectivity index (χ0) is 18.6. The molecule has 0 heterocycles. The van der Waals surface area contributed by atoms with E-state index >= 15 is 0 Å². The van der Waals surface area contributed by atoms with Crippen LogP contribution in [-0.2, 0) is 14.8 Å². The molecular weight excluding hydrogens is 340 g/mol. The Morgan fingerprint density at radius 2 is 1.80 bits per heavy atom. The van der Waals surface area contributed by atoms with Crippen molar-refractivity contribution in [3.05, 3.63) is 53.6 Å². The number of ether oxygens (including phenoxy) is 1. The third-order valence-electron chi connectivity index (χ3n) is 3.59. The minimum absolute atomic E-state index is 0.337. The highest BCUT2D eigenvalue weighted by atomic mass is 32.2. The molecule has 134 valence electrons. The van der Waals surface area contributed by atoms with Gasteiger partial charge in [0.25, 0.3) is 0 Å². The van der Waals surface area contributed by atoms with Gasteiger partial charge in [-0.25, -0.2) is 8.42 Å². The van der Waals surface area contributed by atoms with Crippen molar-refractivity contribution in [1.82, 2.24) is 0 Å². The second kappa shape index (κ2) is 7.57. The first-order valence-electron chi connectivity index (χ1n) is 7.69. The molecule has 1 amide bonds. The summed E-state index contributed by atoms with van der Waals surface area (Å²) in [5, 5.41) is 2.72. The van der Waals surface area contributed by atoms with Crippen molar-refractivity contribution < 1.29 is 17.9 Å². The van der Waals surface area contributed by atoms with E-state index in [-0.39, 0.29) is 6.54 Å². The van der Waals surface area contributed by atoms with E-state index in [1.54, 1.807) is 18.2 Å². The number of amides is 1. The van der Waals surface area contributed by atoms with E-state index in [2.05, 4.69) is 5.32 Å². The Kier molecular flexibility index (Phi) is 5.69. The second-order valence-electron chi connectivity index (χ2n) is 5.86. The monoisotopic (exact) mass is 362 g/mol. The molecule has 7 heteroatoms. The van der Waals surface area contributed by atoms with Crippen molar-refractivity contribution in [3.8, 4) is 5.75 Å². The van der Waals surface area contributed by atoms with Crippen molar-refractivity contribution in [2.24, 2.45) is 0 Å². The van der Waals surface area contributed by atoms with Gasteiger partial charge in [0.2, 0.25) is 15.9 Å². The lowest BCUT2D eigenvalue weighted by molar-refractivity contribution is -0.114. The Balaban J connectivity index is 2.30. The molecule has 0 saturated heterocycles. The fourth-order valence-electron chi connectivity index (χ4n) is 2.43. The highest BCUT2D eigenvalue weighted by Gasteiger charge is 2.24. The highest BCUT2D eigenvalue weighted by molar-refractivity contribution is 7.92. The zero-order valence-corrected chi connectivity index (χ0v) is 15.6. The number of carbonyl (C=O) groups excluding carboxylic acids is 1. The second-order valence-corrected chi connectivity index (χ2v) is 7.77. The number of rotatable bonds is 6. The average Bonchev–Trinajstić information content (AvgIpc) is 2.51. The number of carbonyl (C=O) groups is 1. The molecule has 0 saturated carbocycles. The third-order valence-corrected chi connectivity index (χ3v) is 4.72. The maximum absolute atomic E-state index is 12.4. The van der Waals surface area contributed by atoms with Gasteiger partial charge in [-0.05, 0) is 49.2 Å². The molecule has 2 rings (SSSR count). The molecule has 0 unspecified atom stereocenters. The first-order valence-corrected chi connectivity index (χ1v) is 9.54. The average molecular weight is 362 g/mol. The topological polar surface area (TPSA) is 75.7 Å². The lowest BCUT2D eigenvalue weighted by Gasteiger charge is -2.24. The Morgan fingerprint density at radius 3 is 2.40 bits per heavy atom. The van der Waals surface area contributed by atoms with Gasteiger partial charge in [0, 0.05) is 5.69 Å². The molecule has 0 radical (unpaired) electrons. The number of hydrogen-bond donors (Lipinski definition) is 1. The molecule has 2 aromatic carbocycles. The SMILES string of the molecule is COc1ccc(C)cc1N(CC(=O)Nc1cccc(C)c1)S(C)(=O)=O. The molecule has 1 N–H and O–H groups in total. The van der Waals surface area contributed by atoms with E-state index in [1.807, 2.05) is 38.1 Å². The van der Waals surface area contributed by atoms with Gasteiger partial charge in [0.15, 0.2) is 0 Å². The van der Waals surface area contributed by atoms with Gasteiger partial charge in [-0.3, -0.25) is 9.10 Å². The van der Waals surface area contributed by atoms with E-state index in [1.165, 1.54) is 7.11 Å². The molecule has 0 bridgehead atoms. The number of methoxy groups -OCH3 is 1. The van der Waals surface area contributed by atoms with E-state index in [9.17, 15) is 13.2 Å². The fraction of sp³-hybridized carbons (Fsp3) is 0.278. The van der Waals surface area contributed by atoms with Crippen LogP contribution in [0.1, 0.15) is 11.1 Å². The number of hydrogen-bond acceptors (Lipinski definition) is 4. The highest BCUT2D eigenvalue weighted by Crippen LogP contribution is 2.30. The van der Waals surface area contributed by atoms with Gasteiger partial charge in [0.05, 0.1) is 19.1 Å². The Bertz CT molecular complexity index is 878. The van der Waals surface area contributed by atoms with Crippen LogP contribution in [0.25, 0.3) is 0 Å². The van der Waals surface area contributed by atoms with Crippen LogP contribution in [0, 0.1) is 13.8 Å². The number of anilines is 2. The molecule has 0 aliphatic carbocycles. The Labute approximate surface area is 148 Å². The Morgan fingerprint density at radius 1 is 1.12 bits per heavy atom. The zero-order valence-electron chi connectivity index (χ0n) is 14.7. The van der Waals surface area contributed by atoms with Crippen molar-refractivity contribution in [2.75, 3.05) is 29.5 Å². The van der Waals surface area contributed by atoms with Crippen molar-refractivity contribution >= 4 is 27.3 Å². The predicted octanol–water partition coefficient (Wildman–Crippen LogP) is 2.72. The number of aryl methyl sites for hydroxylation is 2. The van der Waals surface area contributed by atoms with Crippen LogP contribution in [0.5, 0.6) is 5.75 Å².